The van der Waals surface area contributed by atoms with Crippen molar-refractivity contribution in [3.05, 3.63) is 23.3 Å². The van der Waals surface area contributed by atoms with Crippen molar-refractivity contribution < 1.29 is 18.1 Å². The van der Waals surface area contributed by atoms with Gasteiger partial charge in [0, 0.05) is 0 Å². The fourth-order valence-electron chi connectivity index (χ4n) is 1.33. The van der Waals surface area contributed by atoms with Crippen LogP contribution in [0.1, 0.15) is 11.1 Å². The van der Waals surface area contributed by atoms with E-state index in [4.69, 9.17) is 9.66 Å². The number of phenols is 1. The molecular weight excluding hydrogens is 192 g/mol. The highest BCUT2D eigenvalue weighted by atomic mass is 32.2. The molecule has 0 aliphatic heterocycles. The summed E-state index contributed by atoms with van der Waals surface area (Å²) in [5.41, 5.74) is 0.667. The molecule has 0 fully saturated rings. The predicted molar refractivity (Wildman–Crippen MR) is 47.4 cm³/mol. The molecule has 0 heterocycles. The average molecular weight is 202 g/mol. The summed E-state index contributed by atoms with van der Waals surface area (Å²) in [6.45, 7) is 3.02. The first-order valence-corrected chi connectivity index (χ1v) is 5.04. The van der Waals surface area contributed by atoms with Gasteiger partial charge in [-0.25, -0.2) is 0 Å². The van der Waals surface area contributed by atoms with Crippen molar-refractivity contribution in [3.63, 3.8) is 0 Å². The minimum absolute atomic E-state index is 0.0117. The minimum Gasteiger partial charge on any atom is -0.508 e. The lowest BCUT2D eigenvalue weighted by molar-refractivity contribution is 0.470. The largest absolute Gasteiger partial charge is 0.508 e. The highest BCUT2D eigenvalue weighted by molar-refractivity contribution is 7.86. The van der Waals surface area contributed by atoms with Crippen molar-refractivity contribution in [3.8, 4) is 5.75 Å². The Balaban J connectivity index is 3.57. The third-order valence-corrected chi connectivity index (χ3v) is 2.86. The van der Waals surface area contributed by atoms with Gasteiger partial charge in [0.2, 0.25) is 0 Å². The van der Waals surface area contributed by atoms with E-state index in [1.165, 1.54) is 26.0 Å². The van der Waals surface area contributed by atoms with E-state index in [9.17, 15) is 8.42 Å². The maximum Gasteiger partial charge on any atom is 0.295 e. The van der Waals surface area contributed by atoms with Crippen molar-refractivity contribution in [2.75, 3.05) is 0 Å². The molecule has 1 aromatic carbocycles. The highest BCUT2D eigenvalue weighted by Crippen LogP contribution is 2.24. The first-order chi connectivity index (χ1) is 5.82. The minimum atomic E-state index is -4.19. The summed E-state index contributed by atoms with van der Waals surface area (Å²) in [5.74, 6) is -0.0117. The van der Waals surface area contributed by atoms with Crippen LogP contribution in [0.15, 0.2) is 17.0 Å². The van der Waals surface area contributed by atoms with Crippen molar-refractivity contribution >= 4 is 10.1 Å². The van der Waals surface area contributed by atoms with Gasteiger partial charge < -0.3 is 5.11 Å². The molecule has 0 unspecified atom stereocenters. The van der Waals surface area contributed by atoms with Crippen LogP contribution in [-0.4, -0.2) is 18.1 Å². The lowest BCUT2D eigenvalue weighted by Gasteiger charge is -2.06. The van der Waals surface area contributed by atoms with Crippen LogP contribution in [0.2, 0.25) is 0 Å². The van der Waals surface area contributed by atoms with E-state index in [0.29, 0.717) is 11.1 Å². The van der Waals surface area contributed by atoms with Gasteiger partial charge in [-0.05, 0) is 37.1 Å². The summed E-state index contributed by atoms with van der Waals surface area (Å²) >= 11 is 0. The first kappa shape index (κ1) is 10.0. The molecule has 0 amide bonds. The smallest absolute Gasteiger partial charge is 0.295 e. The van der Waals surface area contributed by atoms with Crippen LogP contribution < -0.4 is 0 Å². The Morgan fingerprint density at radius 3 is 1.85 bits per heavy atom. The number of hydrogen-bond donors (Lipinski definition) is 2. The maximum absolute atomic E-state index is 10.9. The van der Waals surface area contributed by atoms with E-state index in [0.717, 1.165) is 0 Å². The van der Waals surface area contributed by atoms with E-state index in [1.807, 2.05) is 0 Å². The quantitative estimate of drug-likeness (QED) is 0.672. The summed E-state index contributed by atoms with van der Waals surface area (Å²) in [6.07, 6.45) is 0. The van der Waals surface area contributed by atoms with Crippen molar-refractivity contribution in [2.45, 2.75) is 18.7 Å². The Morgan fingerprint density at radius 1 is 1.15 bits per heavy atom. The van der Waals surface area contributed by atoms with Crippen molar-refractivity contribution in [1.29, 1.82) is 0 Å². The fourth-order valence-corrected chi connectivity index (χ4v) is 2.27. The topological polar surface area (TPSA) is 74.6 Å². The number of aromatic hydroxyl groups is 1. The molecule has 0 saturated carbocycles. The molecular formula is C8H10O4S. The Bertz CT molecular complexity index is 410. The van der Waals surface area contributed by atoms with Crippen LogP contribution in [0.25, 0.3) is 0 Å². The van der Waals surface area contributed by atoms with Gasteiger partial charge in [0.15, 0.2) is 0 Å². The summed E-state index contributed by atoms with van der Waals surface area (Å²) < 4.78 is 30.6. The molecule has 5 heteroatoms. The van der Waals surface area contributed by atoms with Crippen LogP contribution in [-0.2, 0) is 10.1 Å². The molecule has 0 spiro atoms. The molecule has 0 aliphatic carbocycles. The van der Waals surface area contributed by atoms with Crippen molar-refractivity contribution in [1.82, 2.24) is 0 Å². The molecule has 4 nitrogen and oxygen atoms in total. The molecule has 0 aliphatic rings. The summed E-state index contributed by atoms with van der Waals surface area (Å²) in [7, 11) is -4.19. The van der Waals surface area contributed by atoms with E-state index in [-0.39, 0.29) is 10.6 Å². The Kier molecular flexibility index (Phi) is 2.32. The number of hydrogen-bond acceptors (Lipinski definition) is 3. The molecule has 0 bridgehead atoms. The summed E-state index contributed by atoms with van der Waals surface area (Å²) in [4.78, 5) is -0.134. The standard InChI is InChI=1S/C8H10O4S/c1-5-3-7(9)4-6(2)8(5)13(10,11)12/h3-4,9H,1-2H3,(H,10,11,12). The molecule has 0 aromatic heterocycles. The monoisotopic (exact) mass is 202 g/mol. The summed E-state index contributed by atoms with van der Waals surface area (Å²) in [6, 6.07) is 2.58. The normalized spacial score (nSPS) is 11.6. The third-order valence-electron chi connectivity index (χ3n) is 1.70. The third kappa shape index (κ3) is 1.99. The van der Waals surface area contributed by atoms with Crippen LogP contribution in [0.5, 0.6) is 5.75 Å². The molecule has 1 rings (SSSR count). The average Bonchev–Trinajstić information content (AvgIpc) is 1.78. The highest BCUT2D eigenvalue weighted by Gasteiger charge is 2.16. The Morgan fingerprint density at radius 2 is 1.54 bits per heavy atom. The maximum atomic E-state index is 10.9. The van der Waals surface area contributed by atoms with E-state index >= 15 is 0 Å². The van der Waals surface area contributed by atoms with Gasteiger partial charge in [0.1, 0.15) is 5.75 Å². The van der Waals surface area contributed by atoms with Crippen LogP contribution >= 0.6 is 0 Å². The molecule has 13 heavy (non-hydrogen) atoms. The number of benzene rings is 1. The van der Waals surface area contributed by atoms with E-state index in [2.05, 4.69) is 0 Å². The van der Waals surface area contributed by atoms with Gasteiger partial charge in [-0.1, -0.05) is 0 Å². The zero-order chi connectivity index (χ0) is 10.2. The second-order valence-electron chi connectivity index (χ2n) is 2.88. The number of aryl methyl sites for hydroxylation is 2. The fraction of sp³-hybridized carbons (Fsp3) is 0.250. The molecule has 2 N–H and O–H groups in total. The van der Waals surface area contributed by atoms with Gasteiger partial charge in [-0.15, -0.1) is 0 Å². The van der Waals surface area contributed by atoms with E-state index in [1.54, 1.807) is 0 Å². The predicted octanol–water partition coefficient (Wildman–Crippen LogP) is 1.26. The first-order valence-electron chi connectivity index (χ1n) is 3.60. The zero-order valence-electron chi connectivity index (χ0n) is 7.27. The van der Waals surface area contributed by atoms with Gasteiger partial charge in [-0.2, -0.15) is 8.42 Å². The van der Waals surface area contributed by atoms with Gasteiger partial charge >= 0.3 is 0 Å². The van der Waals surface area contributed by atoms with E-state index < -0.39 is 10.1 Å². The second-order valence-corrected chi connectivity index (χ2v) is 4.24. The molecule has 0 radical (unpaired) electrons. The Hall–Kier alpha value is -1.07. The lowest BCUT2D eigenvalue weighted by Crippen LogP contribution is -2.03. The van der Waals surface area contributed by atoms with Crippen LogP contribution in [0, 0.1) is 13.8 Å². The molecule has 0 saturated heterocycles. The van der Waals surface area contributed by atoms with Gasteiger partial charge in [0.05, 0.1) is 4.90 Å². The second kappa shape index (κ2) is 3.01. The summed E-state index contributed by atoms with van der Waals surface area (Å²) in [5, 5.41) is 9.11. The molecule has 1 aromatic rings. The van der Waals surface area contributed by atoms with Crippen molar-refractivity contribution in [2.24, 2.45) is 0 Å². The zero-order valence-corrected chi connectivity index (χ0v) is 8.09. The molecule has 72 valence electrons. The molecule has 0 atom stereocenters. The lowest BCUT2D eigenvalue weighted by atomic mass is 10.1. The number of phenolic OH excluding ortho intramolecular Hbond substituents is 1. The Labute approximate surface area is 76.6 Å². The van der Waals surface area contributed by atoms with Gasteiger partial charge in [0.25, 0.3) is 10.1 Å². The van der Waals surface area contributed by atoms with Crippen LogP contribution in [0.4, 0.5) is 0 Å². The van der Waals surface area contributed by atoms with Crippen LogP contribution in [0.3, 0.4) is 0 Å². The SMILES string of the molecule is Cc1cc(O)cc(C)c1S(=O)(=O)O. The number of rotatable bonds is 1. The van der Waals surface area contributed by atoms with Gasteiger partial charge in [-0.3, -0.25) is 4.55 Å².